The van der Waals surface area contributed by atoms with E-state index in [1.807, 2.05) is 24.3 Å². The molecule has 0 aliphatic carbocycles. The lowest BCUT2D eigenvalue weighted by atomic mass is 10.1. The molecule has 4 nitrogen and oxygen atoms in total. The van der Waals surface area contributed by atoms with Crippen molar-refractivity contribution in [3.63, 3.8) is 0 Å². The topological polar surface area (TPSA) is 50.4 Å². The maximum Gasteiger partial charge on any atom is 0.227 e. The van der Waals surface area contributed by atoms with Gasteiger partial charge in [-0.15, -0.1) is 0 Å². The molecule has 2 N–H and O–H groups in total. The van der Waals surface area contributed by atoms with Crippen molar-refractivity contribution in [3.05, 3.63) is 59.1 Å². The Bertz CT molecular complexity index is 629. The zero-order valence-corrected chi connectivity index (χ0v) is 13.9. The molecule has 0 spiro atoms. The van der Waals surface area contributed by atoms with Crippen LogP contribution in [0.3, 0.4) is 0 Å². The lowest BCUT2D eigenvalue weighted by molar-refractivity contribution is -0.116. The zero-order valence-electron chi connectivity index (χ0n) is 13.1. The molecule has 2 aromatic carbocycles. The molecule has 0 radical (unpaired) electrons. The van der Waals surface area contributed by atoms with Crippen molar-refractivity contribution in [1.82, 2.24) is 5.32 Å². The standard InChI is InChI=1S/C18H21ClN2O2/c1-2-20-13-14-5-3-4-6-17(14)21-18(22)11-12-23-16-9-7-15(19)8-10-16/h3-10,20H,2,11-13H2,1H3,(H,21,22). The van der Waals surface area contributed by atoms with Crippen LogP contribution in [0.15, 0.2) is 48.5 Å². The van der Waals surface area contributed by atoms with E-state index in [0.29, 0.717) is 17.4 Å². The van der Waals surface area contributed by atoms with Crippen molar-refractivity contribution in [2.24, 2.45) is 0 Å². The van der Waals surface area contributed by atoms with E-state index in [-0.39, 0.29) is 12.3 Å². The molecule has 0 fully saturated rings. The van der Waals surface area contributed by atoms with Gasteiger partial charge in [0, 0.05) is 17.3 Å². The Morgan fingerprint density at radius 2 is 1.87 bits per heavy atom. The summed E-state index contributed by atoms with van der Waals surface area (Å²) in [6, 6.07) is 14.9. The number of hydrogen-bond donors (Lipinski definition) is 2. The summed E-state index contributed by atoms with van der Waals surface area (Å²) in [5.41, 5.74) is 1.91. The highest BCUT2D eigenvalue weighted by atomic mass is 35.5. The third kappa shape index (κ3) is 5.93. The molecule has 0 saturated heterocycles. The van der Waals surface area contributed by atoms with Gasteiger partial charge in [-0.05, 0) is 42.4 Å². The molecule has 23 heavy (non-hydrogen) atoms. The minimum absolute atomic E-state index is 0.0667. The summed E-state index contributed by atoms with van der Waals surface area (Å²) in [7, 11) is 0. The fraction of sp³-hybridized carbons (Fsp3) is 0.278. The third-order valence-corrected chi connectivity index (χ3v) is 3.52. The summed E-state index contributed by atoms with van der Waals surface area (Å²) in [6.45, 7) is 3.99. The molecular weight excluding hydrogens is 312 g/mol. The highest BCUT2D eigenvalue weighted by molar-refractivity contribution is 6.30. The van der Waals surface area contributed by atoms with Crippen LogP contribution >= 0.6 is 11.6 Å². The average molecular weight is 333 g/mol. The van der Waals surface area contributed by atoms with Crippen LogP contribution in [0.25, 0.3) is 0 Å². The first-order chi connectivity index (χ1) is 11.2. The van der Waals surface area contributed by atoms with Crippen molar-refractivity contribution in [2.75, 3.05) is 18.5 Å². The Labute approximate surface area is 141 Å². The van der Waals surface area contributed by atoms with Gasteiger partial charge in [-0.2, -0.15) is 0 Å². The number of carbonyl (C=O) groups excluding carboxylic acids is 1. The quantitative estimate of drug-likeness (QED) is 0.771. The number of nitrogens with one attached hydrogen (secondary N) is 2. The smallest absolute Gasteiger partial charge is 0.227 e. The van der Waals surface area contributed by atoms with Crippen molar-refractivity contribution in [1.29, 1.82) is 0 Å². The predicted molar refractivity (Wildman–Crippen MR) is 94.0 cm³/mol. The number of hydrogen-bond acceptors (Lipinski definition) is 3. The van der Waals surface area contributed by atoms with Crippen LogP contribution in [-0.2, 0) is 11.3 Å². The molecule has 0 atom stereocenters. The van der Waals surface area contributed by atoms with Gasteiger partial charge in [-0.25, -0.2) is 0 Å². The minimum Gasteiger partial charge on any atom is -0.493 e. The number of carbonyl (C=O) groups is 1. The van der Waals surface area contributed by atoms with Gasteiger partial charge >= 0.3 is 0 Å². The average Bonchev–Trinajstić information content (AvgIpc) is 2.56. The van der Waals surface area contributed by atoms with Gasteiger partial charge < -0.3 is 15.4 Å². The molecule has 0 heterocycles. The Kier molecular flexibility index (Phi) is 6.91. The zero-order chi connectivity index (χ0) is 16.5. The lowest BCUT2D eigenvalue weighted by Gasteiger charge is -2.12. The lowest BCUT2D eigenvalue weighted by Crippen LogP contribution is -2.18. The summed E-state index contributed by atoms with van der Waals surface area (Å²) in [5, 5.41) is 6.86. The molecule has 0 aliphatic heterocycles. The minimum atomic E-state index is -0.0667. The molecule has 0 bridgehead atoms. The van der Waals surface area contributed by atoms with Crippen LogP contribution in [0.5, 0.6) is 5.75 Å². The second kappa shape index (κ2) is 9.18. The number of anilines is 1. The van der Waals surface area contributed by atoms with E-state index in [2.05, 4.69) is 17.6 Å². The summed E-state index contributed by atoms with van der Waals surface area (Å²) >= 11 is 5.81. The van der Waals surface area contributed by atoms with Crippen LogP contribution in [0.4, 0.5) is 5.69 Å². The second-order valence-electron chi connectivity index (χ2n) is 5.04. The largest absolute Gasteiger partial charge is 0.493 e. The molecule has 122 valence electrons. The number of benzene rings is 2. The highest BCUT2D eigenvalue weighted by Crippen LogP contribution is 2.17. The monoisotopic (exact) mass is 332 g/mol. The predicted octanol–water partition coefficient (Wildman–Crippen LogP) is 3.86. The van der Waals surface area contributed by atoms with E-state index in [0.717, 1.165) is 24.3 Å². The third-order valence-electron chi connectivity index (χ3n) is 3.27. The van der Waals surface area contributed by atoms with Gasteiger partial charge in [-0.1, -0.05) is 36.7 Å². The maximum absolute atomic E-state index is 12.1. The molecule has 0 saturated carbocycles. The Hall–Kier alpha value is -2.04. The van der Waals surface area contributed by atoms with Crippen LogP contribution in [0.2, 0.25) is 5.02 Å². The van der Waals surface area contributed by atoms with Gasteiger partial charge in [0.2, 0.25) is 5.91 Å². The maximum atomic E-state index is 12.1. The Balaban J connectivity index is 1.81. The molecule has 0 aromatic heterocycles. The highest BCUT2D eigenvalue weighted by Gasteiger charge is 2.06. The van der Waals surface area contributed by atoms with Crippen molar-refractivity contribution in [2.45, 2.75) is 19.9 Å². The molecule has 0 aliphatic rings. The van der Waals surface area contributed by atoms with Crippen LogP contribution < -0.4 is 15.4 Å². The summed E-state index contributed by atoms with van der Waals surface area (Å²) in [5.74, 6) is 0.637. The van der Waals surface area contributed by atoms with Crippen LogP contribution in [0, 0.1) is 0 Å². The van der Waals surface area contributed by atoms with Gasteiger partial charge in [0.1, 0.15) is 5.75 Å². The Morgan fingerprint density at radius 3 is 2.61 bits per heavy atom. The number of halogens is 1. The summed E-state index contributed by atoms with van der Waals surface area (Å²) < 4.78 is 5.53. The first-order valence-electron chi connectivity index (χ1n) is 7.66. The van der Waals surface area contributed by atoms with Gasteiger partial charge in [0.25, 0.3) is 0 Å². The SMILES string of the molecule is CCNCc1ccccc1NC(=O)CCOc1ccc(Cl)cc1. The summed E-state index contributed by atoms with van der Waals surface area (Å²) in [4.78, 5) is 12.1. The molecule has 2 rings (SSSR count). The van der Waals surface area contributed by atoms with E-state index >= 15 is 0 Å². The van der Waals surface area contributed by atoms with Crippen molar-refractivity contribution >= 4 is 23.2 Å². The van der Waals surface area contributed by atoms with Crippen LogP contribution in [-0.4, -0.2) is 19.1 Å². The van der Waals surface area contributed by atoms with E-state index in [9.17, 15) is 4.79 Å². The van der Waals surface area contributed by atoms with Gasteiger partial charge in [0.15, 0.2) is 0 Å². The molecular formula is C18H21ClN2O2. The van der Waals surface area contributed by atoms with E-state index < -0.39 is 0 Å². The number of ether oxygens (including phenoxy) is 1. The fourth-order valence-electron chi connectivity index (χ4n) is 2.06. The van der Waals surface area contributed by atoms with Gasteiger partial charge in [0.05, 0.1) is 13.0 Å². The van der Waals surface area contributed by atoms with Gasteiger partial charge in [-0.3, -0.25) is 4.79 Å². The fourth-order valence-corrected chi connectivity index (χ4v) is 2.19. The van der Waals surface area contributed by atoms with E-state index in [1.165, 1.54) is 0 Å². The Morgan fingerprint density at radius 1 is 1.13 bits per heavy atom. The number of amides is 1. The van der Waals surface area contributed by atoms with Crippen LogP contribution in [0.1, 0.15) is 18.9 Å². The van der Waals surface area contributed by atoms with E-state index in [1.54, 1.807) is 24.3 Å². The number of rotatable bonds is 8. The van der Waals surface area contributed by atoms with Crippen molar-refractivity contribution in [3.8, 4) is 5.75 Å². The normalized spacial score (nSPS) is 10.3. The summed E-state index contributed by atoms with van der Waals surface area (Å²) in [6.07, 6.45) is 0.290. The first-order valence-corrected chi connectivity index (χ1v) is 8.03. The second-order valence-corrected chi connectivity index (χ2v) is 5.47. The molecule has 5 heteroatoms. The van der Waals surface area contributed by atoms with Crippen molar-refractivity contribution < 1.29 is 9.53 Å². The molecule has 2 aromatic rings. The molecule has 0 unspecified atom stereocenters. The number of para-hydroxylation sites is 1. The van der Waals surface area contributed by atoms with E-state index in [4.69, 9.17) is 16.3 Å². The first kappa shape index (κ1) is 17.3. The molecule has 1 amide bonds.